The number of rotatable bonds is 4. The summed E-state index contributed by atoms with van der Waals surface area (Å²) in [6, 6.07) is 11.4. The second kappa shape index (κ2) is 5.93. The number of thiocarbonyl (C=S) groups is 1. The maximum atomic E-state index is 5.68. The summed E-state index contributed by atoms with van der Waals surface area (Å²) in [5.74, 6) is 0.698. The Morgan fingerprint density at radius 2 is 2.11 bits per heavy atom. The van der Waals surface area contributed by atoms with Crippen LogP contribution in [0.1, 0.15) is 11.3 Å². The van der Waals surface area contributed by atoms with Gasteiger partial charge in [0.2, 0.25) is 0 Å². The summed E-state index contributed by atoms with van der Waals surface area (Å²) >= 11 is 8.35. The molecule has 0 bridgehead atoms. The number of nitrogens with zero attached hydrogens (tertiary/aromatic N) is 1. The molecule has 0 atom stereocenters. The van der Waals surface area contributed by atoms with Crippen LogP contribution in [-0.4, -0.2) is 9.97 Å². The molecular formula is C13H11BrN2OS. The maximum absolute atomic E-state index is 5.68. The van der Waals surface area contributed by atoms with Crippen molar-refractivity contribution >= 4 is 33.1 Å². The minimum atomic E-state index is 0.265. The van der Waals surface area contributed by atoms with E-state index in [4.69, 9.17) is 22.7 Å². The number of benzene rings is 1. The van der Waals surface area contributed by atoms with Crippen LogP contribution in [0.3, 0.4) is 0 Å². The van der Waals surface area contributed by atoms with Crippen LogP contribution in [0.4, 0.5) is 0 Å². The molecule has 0 amide bonds. The highest BCUT2D eigenvalue weighted by Gasteiger charge is 2.03. The number of hydrogen-bond donors (Lipinski definition) is 1. The monoisotopic (exact) mass is 322 g/mol. The Hall–Kier alpha value is -1.46. The number of halogens is 1. The van der Waals surface area contributed by atoms with E-state index in [1.807, 2.05) is 24.3 Å². The molecular weight excluding hydrogens is 312 g/mol. The van der Waals surface area contributed by atoms with Gasteiger partial charge in [0.15, 0.2) is 0 Å². The largest absolute Gasteiger partial charge is 0.489 e. The Bertz CT molecular complexity index is 574. The van der Waals surface area contributed by atoms with Gasteiger partial charge in [0.25, 0.3) is 0 Å². The van der Waals surface area contributed by atoms with E-state index >= 15 is 0 Å². The number of hydrogen-bond acceptors (Lipinski definition) is 3. The Balaban J connectivity index is 2.09. The van der Waals surface area contributed by atoms with Gasteiger partial charge in [-0.1, -0.05) is 46.3 Å². The van der Waals surface area contributed by atoms with Crippen molar-refractivity contribution in [3.63, 3.8) is 0 Å². The first-order valence-electron chi connectivity index (χ1n) is 5.29. The average Bonchev–Trinajstić information content (AvgIpc) is 2.38. The van der Waals surface area contributed by atoms with Crippen LogP contribution in [0.15, 0.2) is 47.1 Å². The maximum Gasteiger partial charge on any atom is 0.123 e. The molecule has 0 saturated heterocycles. The number of pyridine rings is 1. The molecule has 0 unspecified atom stereocenters. The Morgan fingerprint density at radius 3 is 2.83 bits per heavy atom. The molecule has 1 heterocycles. The molecule has 0 spiro atoms. The lowest BCUT2D eigenvalue weighted by atomic mass is 10.2. The summed E-state index contributed by atoms with van der Waals surface area (Å²) in [6.07, 6.45) is 1.63. The molecule has 18 heavy (non-hydrogen) atoms. The molecule has 0 radical (unpaired) electrons. The van der Waals surface area contributed by atoms with Gasteiger partial charge < -0.3 is 10.5 Å². The molecule has 1 aromatic heterocycles. The van der Waals surface area contributed by atoms with Crippen molar-refractivity contribution in [1.29, 1.82) is 0 Å². The molecule has 2 aromatic rings. The zero-order valence-corrected chi connectivity index (χ0v) is 11.9. The summed E-state index contributed by atoms with van der Waals surface area (Å²) in [5.41, 5.74) is 7.16. The molecule has 2 rings (SSSR count). The highest BCUT2D eigenvalue weighted by molar-refractivity contribution is 9.10. The van der Waals surface area contributed by atoms with E-state index in [-0.39, 0.29) is 4.99 Å². The molecule has 0 saturated carbocycles. The first kappa shape index (κ1) is 13.0. The summed E-state index contributed by atoms with van der Waals surface area (Å²) < 4.78 is 6.70. The number of aromatic nitrogens is 1. The Kier molecular flexibility index (Phi) is 4.28. The van der Waals surface area contributed by atoms with Crippen LogP contribution in [0.5, 0.6) is 5.75 Å². The van der Waals surface area contributed by atoms with Gasteiger partial charge in [0, 0.05) is 22.3 Å². The number of nitrogens with two attached hydrogens (primary N) is 1. The van der Waals surface area contributed by atoms with E-state index < -0.39 is 0 Å². The van der Waals surface area contributed by atoms with Gasteiger partial charge in [-0.2, -0.15) is 0 Å². The van der Waals surface area contributed by atoms with Crippen LogP contribution in [0.25, 0.3) is 0 Å². The van der Waals surface area contributed by atoms with Gasteiger partial charge >= 0.3 is 0 Å². The zero-order valence-electron chi connectivity index (χ0n) is 9.47. The molecule has 2 N–H and O–H groups in total. The van der Waals surface area contributed by atoms with E-state index in [0.717, 1.165) is 10.0 Å². The first-order valence-corrected chi connectivity index (χ1v) is 6.49. The van der Waals surface area contributed by atoms with E-state index in [0.29, 0.717) is 18.1 Å². The van der Waals surface area contributed by atoms with Gasteiger partial charge in [0.05, 0.1) is 0 Å². The summed E-state index contributed by atoms with van der Waals surface area (Å²) in [6.45, 7) is 0.474. The minimum absolute atomic E-state index is 0.265. The molecule has 0 fully saturated rings. The highest BCUT2D eigenvalue weighted by Crippen LogP contribution is 2.19. The lowest BCUT2D eigenvalue weighted by molar-refractivity contribution is 0.305. The van der Waals surface area contributed by atoms with Crippen molar-refractivity contribution in [2.24, 2.45) is 5.73 Å². The fourth-order valence-electron chi connectivity index (χ4n) is 1.41. The first-order chi connectivity index (χ1) is 8.66. The SMILES string of the molecule is NC(=S)c1cc(OCc2ccccc2Br)ccn1. The second-order valence-electron chi connectivity index (χ2n) is 3.62. The van der Waals surface area contributed by atoms with Gasteiger partial charge in [-0.15, -0.1) is 0 Å². The molecule has 3 nitrogen and oxygen atoms in total. The fraction of sp³-hybridized carbons (Fsp3) is 0.0769. The predicted molar refractivity (Wildman–Crippen MR) is 78.6 cm³/mol. The molecule has 1 aromatic carbocycles. The zero-order chi connectivity index (χ0) is 13.0. The lowest BCUT2D eigenvalue weighted by Gasteiger charge is -2.08. The minimum Gasteiger partial charge on any atom is -0.489 e. The van der Waals surface area contributed by atoms with E-state index in [2.05, 4.69) is 20.9 Å². The molecule has 0 aliphatic rings. The quantitative estimate of drug-likeness (QED) is 0.879. The second-order valence-corrected chi connectivity index (χ2v) is 4.92. The summed E-state index contributed by atoms with van der Waals surface area (Å²) in [7, 11) is 0. The topological polar surface area (TPSA) is 48.1 Å². The van der Waals surface area contributed by atoms with E-state index in [9.17, 15) is 0 Å². The molecule has 5 heteroatoms. The van der Waals surface area contributed by atoms with E-state index in [1.165, 1.54) is 0 Å². The Morgan fingerprint density at radius 1 is 1.33 bits per heavy atom. The Labute approximate surface area is 119 Å². The molecule has 0 aliphatic heterocycles. The van der Waals surface area contributed by atoms with Crippen molar-refractivity contribution in [2.45, 2.75) is 6.61 Å². The van der Waals surface area contributed by atoms with Crippen molar-refractivity contribution in [2.75, 3.05) is 0 Å². The van der Waals surface area contributed by atoms with Crippen molar-refractivity contribution < 1.29 is 4.74 Å². The van der Waals surface area contributed by atoms with Gasteiger partial charge in [-0.05, 0) is 12.1 Å². The van der Waals surface area contributed by atoms with Crippen LogP contribution in [-0.2, 0) is 6.61 Å². The highest BCUT2D eigenvalue weighted by atomic mass is 79.9. The standard InChI is InChI=1S/C13H11BrN2OS/c14-11-4-2-1-3-9(11)8-17-10-5-6-16-12(7-10)13(15)18/h1-7H,8H2,(H2,15,18). The normalized spacial score (nSPS) is 10.1. The van der Waals surface area contributed by atoms with E-state index in [1.54, 1.807) is 18.3 Å². The summed E-state index contributed by atoms with van der Waals surface area (Å²) in [5, 5.41) is 0. The fourth-order valence-corrected chi connectivity index (χ4v) is 1.92. The van der Waals surface area contributed by atoms with Crippen LogP contribution < -0.4 is 10.5 Å². The van der Waals surface area contributed by atoms with Gasteiger partial charge in [-0.3, -0.25) is 4.98 Å². The van der Waals surface area contributed by atoms with Crippen molar-refractivity contribution in [3.8, 4) is 5.75 Å². The summed E-state index contributed by atoms with van der Waals surface area (Å²) in [4.78, 5) is 4.32. The smallest absolute Gasteiger partial charge is 0.123 e. The van der Waals surface area contributed by atoms with Crippen molar-refractivity contribution in [3.05, 3.63) is 58.3 Å². The third-order valence-electron chi connectivity index (χ3n) is 2.34. The lowest BCUT2D eigenvalue weighted by Crippen LogP contribution is -2.11. The van der Waals surface area contributed by atoms with Crippen molar-refractivity contribution in [1.82, 2.24) is 4.98 Å². The molecule has 92 valence electrons. The van der Waals surface area contributed by atoms with Crippen LogP contribution in [0, 0.1) is 0 Å². The molecule has 0 aliphatic carbocycles. The van der Waals surface area contributed by atoms with Gasteiger partial charge in [-0.25, -0.2) is 0 Å². The third kappa shape index (κ3) is 3.27. The number of ether oxygens (including phenoxy) is 1. The predicted octanol–water partition coefficient (Wildman–Crippen LogP) is 3.06. The van der Waals surface area contributed by atoms with Crippen LogP contribution in [0.2, 0.25) is 0 Å². The third-order valence-corrected chi connectivity index (χ3v) is 3.32. The van der Waals surface area contributed by atoms with Gasteiger partial charge in [0.1, 0.15) is 23.0 Å². The van der Waals surface area contributed by atoms with Crippen LogP contribution >= 0.6 is 28.1 Å². The average molecular weight is 323 g/mol.